The number of piperidine rings is 1. The number of nitrogens with one attached hydrogen (secondary N) is 1. The van der Waals surface area contributed by atoms with Gasteiger partial charge in [0.1, 0.15) is 0 Å². The van der Waals surface area contributed by atoms with Gasteiger partial charge in [-0.05, 0) is 55.7 Å². The Labute approximate surface area is 136 Å². The first-order valence-electron chi connectivity index (χ1n) is 9.21. The topological polar surface area (TPSA) is 15.3 Å². The zero-order chi connectivity index (χ0) is 15.4. The van der Waals surface area contributed by atoms with Gasteiger partial charge in [-0.15, -0.1) is 0 Å². The van der Waals surface area contributed by atoms with E-state index in [1.165, 1.54) is 62.9 Å². The van der Waals surface area contributed by atoms with Crippen molar-refractivity contribution in [2.75, 3.05) is 19.6 Å². The molecule has 0 radical (unpaired) electrons. The Morgan fingerprint density at radius 1 is 1.14 bits per heavy atom. The summed E-state index contributed by atoms with van der Waals surface area (Å²) in [6.45, 7) is 9.46. The van der Waals surface area contributed by atoms with Crippen molar-refractivity contribution in [3.05, 3.63) is 35.4 Å². The van der Waals surface area contributed by atoms with Crippen molar-refractivity contribution < 1.29 is 0 Å². The Morgan fingerprint density at radius 3 is 2.68 bits per heavy atom. The average molecular weight is 300 g/mol. The smallest absolute Gasteiger partial charge is 0.0237 e. The van der Waals surface area contributed by atoms with E-state index >= 15 is 0 Å². The molecule has 1 aliphatic heterocycles. The molecule has 122 valence electrons. The molecule has 0 spiro atoms. The lowest BCUT2D eigenvalue weighted by Crippen LogP contribution is -2.49. The maximum Gasteiger partial charge on any atom is 0.0237 e. The molecule has 1 aliphatic carbocycles. The molecule has 0 amide bonds. The molecule has 1 aromatic rings. The van der Waals surface area contributed by atoms with Crippen molar-refractivity contribution in [1.82, 2.24) is 10.2 Å². The SMILES string of the molecule is Cc1ccccc1CN1CC(C)CC(NCC2CCCC2)C1. The predicted molar refractivity (Wildman–Crippen MR) is 94.0 cm³/mol. The van der Waals surface area contributed by atoms with Crippen molar-refractivity contribution in [3.63, 3.8) is 0 Å². The minimum atomic E-state index is 0.688. The Hall–Kier alpha value is -0.860. The molecule has 22 heavy (non-hydrogen) atoms. The van der Waals surface area contributed by atoms with Crippen molar-refractivity contribution in [3.8, 4) is 0 Å². The summed E-state index contributed by atoms with van der Waals surface area (Å²) in [5.41, 5.74) is 2.92. The summed E-state index contributed by atoms with van der Waals surface area (Å²) in [4.78, 5) is 2.66. The summed E-state index contributed by atoms with van der Waals surface area (Å²) in [7, 11) is 0. The van der Waals surface area contributed by atoms with Gasteiger partial charge in [-0.25, -0.2) is 0 Å². The lowest BCUT2D eigenvalue weighted by molar-refractivity contribution is 0.140. The van der Waals surface area contributed by atoms with Gasteiger partial charge in [-0.2, -0.15) is 0 Å². The summed E-state index contributed by atoms with van der Waals surface area (Å²) in [6.07, 6.45) is 7.14. The highest BCUT2D eigenvalue weighted by atomic mass is 15.2. The van der Waals surface area contributed by atoms with Crippen LogP contribution >= 0.6 is 0 Å². The average Bonchev–Trinajstić information content (AvgIpc) is 3.00. The standard InChI is InChI=1S/C20H32N2/c1-16-11-20(21-12-18-8-4-5-9-18)15-22(13-16)14-19-10-6-3-7-17(19)2/h3,6-7,10,16,18,20-21H,4-5,8-9,11-15H2,1-2H3. The lowest BCUT2D eigenvalue weighted by Gasteiger charge is -2.37. The molecule has 2 unspecified atom stereocenters. The second kappa shape index (κ2) is 7.61. The van der Waals surface area contributed by atoms with Gasteiger partial charge in [-0.1, -0.05) is 44.0 Å². The Kier molecular flexibility index (Phi) is 5.54. The molecular formula is C20H32N2. The lowest BCUT2D eigenvalue weighted by atomic mass is 9.94. The highest BCUT2D eigenvalue weighted by Crippen LogP contribution is 2.25. The monoisotopic (exact) mass is 300 g/mol. The highest BCUT2D eigenvalue weighted by Gasteiger charge is 2.25. The van der Waals surface area contributed by atoms with E-state index in [9.17, 15) is 0 Å². The number of rotatable bonds is 5. The fraction of sp³-hybridized carbons (Fsp3) is 0.700. The molecule has 1 N–H and O–H groups in total. The number of benzene rings is 1. The molecule has 3 rings (SSSR count). The molecule has 1 aromatic carbocycles. The third kappa shape index (κ3) is 4.33. The van der Waals surface area contributed by atoms with Crippen LogP contribution in [-0.2, 0) is 6.54 Å². The summed E-state index contributed by atoms with van der Waals surface area (Å²) < 4.78 is 0. The third-order valence-electron chi connectivity index (χ3n) is 5.56. The second-order valence-electron chi connectivity index (χ2n) is 7.72. The first-order chi connectivity index (χ1) is 10.7. The van der Waals surface area contributed by atoms with Gasteiger partial charge in [0.05, 0.1) is 0 Å². The van der Waals surface area contributed by atoms with E-state index in [2.05, 4.69) is 48.3 Å². The van der Waals surface area contributed by atoms with Gasteiger partial charge in [0.25, 0.3) is 0 Å². The zero-order valence-electron chi connectivity index (χ0n) is 14.4. The number of hydrogen-bond donors (Lipinski definition) is 1. The quantitative estimate of drug-likeness (QED) is 0.884. The van der Waals surface area contributed by atoms with Crippen LogP contribution in [0.5, 0.6) is 0 Å². The molecule has 2 nitrogen and oxygen atoms in total. The zero-order valence-corrected chi connectivity index (χ0v) is 14.4. The van der Waals surface area contributed by atoms with Crippen molar-refractivity contribution in [2.24, 2.45) is 11.8 Å². The number of aryl methyl sites for hydroxylation is 1. The van der Waals surface area contributed by atoms with Crippen LogP contribution in [0.15, 0.2) is 24.3 Å². The largest absolute Gasteiger partial charge is 0.312 e. The number of likely N-dealkylation sites (tertiary alicyclic amines) is 1. The van der Waals surface area contributed by atoms with E-state index in [1.54, 1.807) is 0 Å². The molecule has 1 heterocycles. The van der Waals surface area contributed by atoms with Crippen molar-refractivity contribution in [2.45, 2.75) is 58.5 Å². The van der Waals surface area contributed by atoms with Gasteiger partial charge in [0, 0.05) is 25.7 Å². The van der Waals surface area contributed by atoms with Gasteiger partial charge < -0.3 is 5.32 Å². The summed E-state index contributed by atoms with van der Waals surface area (Å²) in [6, 6.07) is 9.52. The molecule has 2 atom stereocenters. The minimum Gasteiger partial charge on any atom is -0.312 e. The van der Waals surface area contributed by atoms with E-state index in [4.69, 9.17) is 0 Å². The molecule has 2 heteroatoms. The Morgan fingerprint density at radius 2 is 1.91 bits per heavy atom. The molecule has 1 saturated heterocycles. The van der Waals surface area contributed by atoms with Crippen LogP contribution < -0.4 is 5.32 Å². The maximum atomic E-state index is 3.88. The summed E-state index contributed by atoms with van der Waals surface area (Å²) >= 11 is 0. The third-order valence-corrected chi connectivity index (χ3v) is 5.56. The van der Waals surface area contributed by atoms with E-state index in [0.29, 0.717) is 6.04 Å². The van der Waals surface area contributed by atoms with Crippen LogP contribution in [0.1, 0.15) is 50.2 Å². The van der Waals surface area contributed by atoms with Crippen molar-refractivity contribution >= 4 is 0 Å². The molecule has 2 fully saturated rings. The van der Waals surface area contributed by atoms with Gasteiger partial charge >= 0.3 is 0 Å². The van der Waals surface area contributed by atoms with Crippen molar-refractivity contribution in [1.29, 1.82) is 0 Å². The minimum absolute atomic E-state index is 0.688. The molecule has 2 aliphatic rings. The van der Waals surface area contributed by atoms with E-state index in [0.717, 1.165) is 18.4 Å². The highest BCUT2D eigenvalue weighted by molar-refractivity contribution is 5.25. The second-order valence-corrected chi connectivity index (χ2v) is 7.72. The molecular weight excluding hydrogens is 268 g/mol. The normalized spacial score (nSPS) is 27.4. The first kappa shape index (κ1) is 16.0. The molecule has 0 aromatic heterocycles. The summed E-state index contributed by atoms with van der Waals surface area (Å²) in [5.74, 6) is 1.75. The van der Waals surface area contributed by atoms with Crippen LogP contribution in [0.25, 0.3) is 0 Å². The number of nitrogens with zero attached hydrogens (tertiary/aromatic N) is 1. The van der Waals surface area contributed by atoms with Crippen LogP contribution in [0, 0.1) is 18.8 Å². The maximum absolute atomic E-state index is 3.88. The van der Waals surface area contributed by atoms with Gasteiger partial charge in [0.15, 0.2) is 0 Å². The van der Waals surface area contributed by atoms with Gasteiger partial charge in [0.2, 0.25) is 0 Å². The fourth-order valence-electron chi connectivity index (χ4n) is 4.31. The van der Waals surface area contributed by atoms with Crippen LogP contribution in [0.4, 0.5) is 0 Å². The molecule has 0 bridgehead atoms. The van der Waals surface area contributed by atoms with E-state index in [1.807, 2.05) is 0 Å². The fourth-order valence-corrected chi connectivity index (χ4v) is 4.31. The van der Waals surface area contributed by atoms with Crippen LogP contribution in [0.2, 0.25) is 0 Å². The number of hydrogen-bond acceptors (Lipinski definition) is 2. The van der Waals surface area contributed by atoms with E-state index < -0.39 is 0 Å². The molecule has 1 saturated carbocycles. The summed E-state index contributed by atoms with van der Waals surface area (Å²) in [5, 5.41) is 3.88. The Bertz CT molecular complexity index is 465. The Balaban J connectivity index is 1.52. The van der Waals surface area contributed by atoms with E-state index in [-0.39, 0.29) is 0 Å². The van der Waals surface area contributed by atoms with Crippen LogP contribution in [-0.4, -0.2) is 30.6 Å². The predicted octanol–water partition coefficient (Wildman–Crippen LogP) is 3.99. The first-order valence-corrected chi connectivity index (χ1v) is 9.21. The van der Waals surface area contributed by atoms with Gasteiger partial charge in [-0.3, -0.25) is 4.90 Å². The van der Waals surface area contributed by atoms with Crippen LogP contribution in [0.3, 0.4) is 0 Å².